The lowest BCUT2D eigenvalue weighted by atomic mass is 10.3. The highest BCUT2D eigenvalue weighted by atomic mass is 16.4. The fourth-order valence-corrected chi connectivity index (χ4v) is 1.42. The van der Waals surface area contributed by atoms with Crippen LogP contribution in [0, 0.1) is 6.92 Å². The third kappa shape index (κ3) is 1.46. The third-order valence-electron chi connectivity index (χ3n) is 2.08. The summed E-state index contributed by atoms with van der Waals surface area (Å²) in [6.07, 6.45) is 3.45. The number of nitrogens with zero attached hydrogens (tertiary/aromatic N) is 2. The van der Waals surface area contributed by atoms with E-state index in [4.69, 9.17) is 5.11 Å². The van der Waals surface area contributed by atoms with E-state index in [2.05, 4.69) is 4.98 Å². The highest BCUT2D eigenvalue weighted by Gasteiger charge is 2.06. The van der Waals surface area contributed by atoms with Crippen molar-refractivity contribution < 1.29 is 9.90 Å². The van der Waals surface area contributed by atoms with Crippen molar-refractivity contribution in [1.29, 1.82) is 0 Å². The predicted octanol–water partition coefficient (Wildman–Crippen LogP) is 1.27. The van der Waals surface area contributed by atoms with Crippen molar-refractivity contribution in [2.24, 2.45) is 0 Å². The summed E-state index contributed by atoms with van der Waals surface area (Å²) in [6.45, 7) is 1.98. The minimum absolute atomic E-state index is 0.00419. The van der Waals surface area contributed by atoms with Gasteiger partial charge in [-0.25, -0.2) is 4.98 Å². The van der Waals surface area contributed by atoms with Crippen LogP contribution in [0.3, 0.4) is 0 Å². The number of carboxylic acids is 1. The molecule has 0 fully saturated rings. The van der Waals surface area contributed by atoms with Gasteiger partial charge < -0.3 is 9.51 Å². The summed E-state index contributed by atoms with van der Waals surface area (Å²) in [5, 5.41) is 8.66. The van der Waals surface area contributed by atoms with Gasteiger partial charge in [-0.3, -0.25) is 4.79 Å². The first-order valence-electron chi connectivity index (χ1n) is 4.31. The zero-order valence-corrected chi connectivity index (χ0v) is 7.77. The van der Waals surface area contributed by atoms with Crippen LogP contribution in [0.1, 0.15) is 11.3 Å². The number of aromatic nitrogens is 2. The normalized spacial score (nSPS) is 10.6. The summed E-state index contributed by atoms with van der Waals surface area (Å²) in [5.74, 6) is -0.840. The number of fused-ring (bicyclic) bond motifs is 1. The number of hydrogen-bond donors (Lipinski definition) is 1. The molecular weight excluding hydrogens is 180 g/mol. The van der Waals surface area contributed by atoms with E-state index in [9.17, 15) is 4.79 Å². The van der Waals surface area contributed by atoms with Crippen molar-refractivity contribution in [1.82, 2.24) is 9.38 Å². The van der Waals surface area contributed by atoms with Crippen molar-refractivity contribution in [3.63, 3.8) is 0 Å². The lowest BCUT2D eigenvalue weighted by Gasteiger charge is -1.98. The summed E-state index contributed by atoms with van der Waals surface area (Å²) in [4.78, 5) is 14.7. The first-order valence-corrected chi connectivity index (χ1v) is 4.31. The Morgan fingerprint density at radius 1 is 1.64 bits per heavy atom. The first kappa shape index (κ1) is 8.74. The molecule has 0 saturated carbocycles. The van der Waals surface area contributed by atoms with E-state index in [1.807, 2.05) is 25.3 Å². The van der Waals surface area contributed by atoms with Gasteiger partial charge in [-0.2, -0.15) is 0 Å². The molecule has 4 nitrogen and oxygen atoms in total. The molecule has 0 aromatic carbocycles. The van der Waals surface area contributed by atoms with Crippen molar-refractivity contribution in [3.05, 3.63) is 35.8 Å². The molecule has 0 spiro atoms. The Labute approximate surface area is 80.8 Å². The van der Waals surface area contributed by atoms with Gasteiger partial charge in [0.05, 0.1) is 12.1 Å². The minimum Gasteiger partial charge on any atom is -0.481 e. The average molecular weight is 190 g/mol. The molecule has 0 amide bonds. The summed E-state index contributed by atoms with van der Waals surface area (Å²) in [6, 6.07) is 3.85. The van der Waals surface area contributed by atoms with Gasteiger partial charge >= 0.3 is 5.97 Å². The Bertz CT molecular complexity index is 488. The quantitative estimate of drug-likeness (QED) is 0.775. The number of carboxylic acid groups (broad SMARTS) is 1. The van der Waals surface area contributed by atoms with E-state index < -0.39 is 5.97 Å². The maximum Gasteiger partial charge on any atom is 0.309 e. The molecule has 0 bridgehead atoms. The van der Waals surface area contributed by atoms with Crippen LogP contribution in [0.5, 0.6) is 0 Å². The van der Waals surface area contributed by atoms with E-state index in [1.165, 1.54) is 0 Å². The van der Waals surface area contributed by atoms with Crippen LogP contribution >= 0.6 is 0 Å². The van der Waals surface area contributed by atoms with E-state index in [0.717, 1.165) is 11.2 Å². The first-order chi connectivity index (χ1) is 6.66. The molecule has 0 atom stereocenters. The van der Waals surface area contributed by atoms with Crippen LogP contribution < -0.4 is 0 Å². The third-order valence-corrected chi connectivity index (χ3v) is 2.08. The van der Waals surface area contributed by atoms with Gasteiger partial charge in [0.15, 0.2) is 0 Å². The second-order valence-corrected chi connectivity index (χ2v) is 3.25. The van der Waals surface area contributed by atoms with Gasteiger partial charge in [0, 0.05) is 12.4 Å². The molecule has 0 aliphatic carbocycles. The summed E-state index contributed by atoms with van der Waals surface area (Å²) < 4.78 is 1.79. The number of aryl methyl sites for hydroxylation is 1. The molecule has 2 aromatic heterocycles. The maximum atomic E-state index is 10.5. The second kappa shape index (κ2) is 3.14. The monoisotopic (exact) mass is 190 g/mol. The SMILES string of the molecule is Cc1ccn2c(CC(=O)O)cnc2c1. The number of hydrogen-bond acceptors (Lipinski definition) is 2. The number of aliphatic carboxylic acids is 1. The summed E-state index contributed by atoms with van der Waals surface area (Å²) in [5.41, 5.74) is 2.61. The number of pyridine rings is 1. The summed E-state index contributed by atoms with van der Waals surface area (Å²) in [7, 11) is 0. The number of rotatable bonds is 2. The zero-order chi connectivity index (χ0) is 10.1. The Balaban J connectivity index is 2.52. The van der Waals surface area contributed by atoms with E-state index in [0.29, 0.717) is 5.69 Å². The standard InChI is InChI=1S/C10H10N2O2/c1-7-2-3-12-8(5-10(13)14)6-11-9(12)4-7/h2-4,6H,5H2,1H3,(H,13,14). The van der Waals surface area contributed by atoms with Crippen LogP contribution in [-0.2, 0) is 11.2 Å². The topological polar surface area (TPSA) is 54.6 Å². The molecule has 4 heteroatoms. The van der Waals surface area contributed by atoms with Crippen molar-refractivity contribution in [2.45, 2.75) is 13.3 Å². The molecule has 2 aromatic rings. The van der Waals surface area contributed by atoms with E-state index in [1.54, 1.807) is 10.6 Å². The molecule has 14 heavy (non-hydrogen) atoms. The highest BCUT2D eigenvalue weighted by Crippen LogP contribution is 2.09. The molecule has 2 heterocycles. The second-order valence-electron chi connectivity index (χ2n) is 3.25. The Morgan fingerprint density at radius 2 is 2.43 bits per heavy atom. The van der Waals surface area contributed by atoms with Crippen LogP contribution in [-0.4, -0.2) is 20.5 Å². The van der Waals surface area contributed by atoms with Crippen LogP contribution in [0.2, 0.25) is 0 Å². The molecule has 72 valence electrons. The molecule has 0 radical (unpaired) electrons. The molecule has 0 saturated heterocycles. The van der Waals surface area contributed by atoms with E-state index in [-0.39, 0.29) is 6.42 Å². The Kier molecular flexibility index (Phi) is 1.96. The number of carbonyl (C=O) groups is 1. The lowest BCUT2D eigenvalue weighted by Crippen LogP contribution is -2.02. The maximum absolute atomic E-state index is 10.5. The molecule has 0 aliphatic heterocycles. The lowest BCUT2D eigenvalue weighted by molar-refractivity contribution is -0.136. The predicted molar refractivity (Wildman–Crippen MR) is 51.3 cm³/mol. The average Bonchev–Trinajstić information content (AvgIpc) is 2.47. The van der Waals surface area contributed by atoms with Crippen LogP contribution in [0.4, 0.5) is 0 Å². The molecule has 2 rings (SSSR count). The highest BCUT2D eigenvalue weighted by molar-refractivity contribution is 5.70. The van der Waals surface area contributed by atoms with Crippen molar-refractivity contribution in [2.75, 3.05) is 0 Å². The summed E-state index contributed by atoms with van der Waals surface area (Å²) >= 11 is 0. The largest absolute Gasteiger partial charge is 0.481 e. The van der Waals surface area contributed by atoms with Gasteiger partial charge in [-0.1, -0.05) is 0 Å². The Morgan fingerprint density at radius 3 is 3.14 bits per heavy atom. The van der Waals surface area contributed by atoms with Gasteiger partial charge in [0.1, 0.15) is 5.65 Å². The van der Waals surface area contributed by atoms with E-state index >= 15 is 0 Å². The fraction of sp³-hybridized carbons (Fsp3) is 0.200. The molecule has 0 unspecified atom stereocenters. The van der Waals surface area contributed by atoms with Crippen LogP contribution in [0.25, 0.3) is 5.65 Å². The van der Waals surface area contributed by atoms with Gasteiger partial charge in [-0.05, 0) is 24.6 Å². The Hall–Kier alpha value is -1.84. The smallest absolute Gasteiger partial charge is 0.309 e. The number of imidazole rings is 1. The molecular formula is C10H10N2O2. The fourth-order valence-electron chi connectivity index (χ4n) is 1.42. The van der Waals surface area contributed by atoms with Crippen LogP contribution in [0.15, 0.2) is 24.5 Å². The van der Waals surface area contributed by atoms with Gasteiger partial charge in [-0.15, -0.1) is 0 Å². The van der Waals surface area contributed by atoms with Crippen molar-refractivity contribution in [3.8, 4) is 0 Å². The molecule has 1 N–H and O–H groups in total. The van der Waals surface area contributed by atoms with Gasteiger partial charge in [0.2, 0.25) is 0 Å². The zero-order valence-electron chi connectivity index (χ0n) is 7.77. The van der Waals surface area contributed by atoms with Crippen molar-refractivity contribution >= 4 is 11.6 Å². The van der Waals surface area contributed by atoms with Gasteiger partial charge in [0.25, 0.3) is 0 Å². The minimum atomic E-state index is -0.840. The molecule has 0 aliphatic rings.